The van der Waals surface area contributed by atoms with Crippen molar-refractivity contribution in [2.45, 2.75) is 46.1 Å². The first-order valence-electron chi connectivity index (χ1n) is 8.87. The average molecular weight is 386 g/mol. The highest BCUT2D eigenvalue weighted by atomic mass is 32.1. The van der Waals surface area contributed by atoms with Crippen LogP contribution in [0, 0.1) is 13.8 Å². The first-order chi connectivity index (χ1) is 12.8. The number of benzene rings is 1. The van der Waals surface area contributed by atoms with E-state index >= 15 is 0 Å². The summed E-state index contributed by atoms with van der Waals surface area (Å²) in [7, 11) is 0. The molecule has 2 rings (SSSR count). The van der Waals surface area contributed by atoms with Gasteiger partial charge in [-0.15, -0.1) is 11.3 Å². The van der Waals surface area contributed by atoms with E-state index in [9.17, 15) is 4.79 Å². The van der Waals surface area contributed by atoms with Gasteiger partial charge in [0.25, 0.3) is 5.91 Å². The maximum Gasteiger partial charge on any atom is 0.254 e. The second-order valence-corrected chi connectivity index (χ2v) is 7.75. The van der Waals surface area contributed by atoms with Crippen LogP contribution in [0.3, 0.4) is 0 Å². The Morgan fingerprint density at radius 3 is 2.37 bits per heavy atom. The lowest BCUT2D eigenvalue weighted by Crippen LogP contribution is -2.30. The van der Waals surface area contributed by atoms with Crippen LogP contribution in [0.1, 0.15) is 46.9 Å². The van der Waals surface area contributed by atoms with Crippen molar-refractivity contribution < 1.29 is 4.79 Å². The van der Waals surface area contributed by atoms with Crippen molar-refractivity contribution in [3.05, 3.63) is 62.7 Å². The zero-order valence-corrected chi connectivity index (χ0v) is 16.8. The number of aromatic nitrogens is 1. The maximum absolute atomic E-state index is 11.7. The van der Waals surface area contributed by atoms with Gasteiger partial charge in [0.1, 0.15) is 5.84 Å². The number of amides is 1. The van der Waals surface area contributed by atoms with Crippen LogP contribution in [0.15, 0.2) is 46.6 Å². The van der Waals surface area contributed by atoms with Crippen LogP contribution in [0.2, 0.25) is 0 Å². The lowest BCUT2D eigenvalue weighted by molar-refractivity contribution is -0.114. The lowest BCUT2D eigenvalue weighted by Gasteiger charge is -2.14. The fourth-order valence-electron chi connectivity index (χ4n) is 3.01. The molecule has 0 saturated carbocycles. The van der Waals surface area contributed by atoms with Crippen molar-refractivity contribution >= 4 is 23.1 Å². The van der Waals surface area contributed by atoms with Crippen molar-refractivity contribution in [2.75, 3.05) is 0 Å². The number of carbonyl (C=O) groups is 1. The van der Waals surface area contributed by atoms with Crippen molar-refractivity contribution in [1.82, 2.24) is 4.98 Å². The van der Waals surface area contributed by atoms with Gasteiger partial charge in [0.2, 0.25) is 0 Å². The van der Waals surface area contributed by atoms with Gasteiger partial charge in [0.15, 0.2) is 0 Å². The molecule has 0 saturated heterocycles. The van der Waals surface area contributed by atoms with Gasteiger partial charge >= 0.3 is 0 Å². The standard InChI is InChI=1S/C20H27N5OS/c1-12(21)17(20(23)26)19(22)25-16(18-13(2)24-14(3)27-18)11-7-10-15-8-5-4-6-9-15/h4-6,8-9,16H,7,10-11,21H2,1-3H3,(H2,22,25)(H2,23,26). The number of thiazole rings is 1. The second-order valence-electron chi connectivity index (χ2n) is 6.51. The molecule has 0 spiro atoms. The summed E-state index contributed by atoms with van der Waals surface area (Å²) in [6.07, 6.45) is 2.66. The van der Waals surface area contributed by atoms with E-state index in [2.05, 4.69) is 22.1 Å². The van der Waals surface area contributed by atoms with Crippen LogP contribution in [0.25, 0.3) is 0 Å². The van der Waals surface area contributed by atoms with E-state index in [1.165, 1.54) is 5.56 Å². The minimum Gasteiger partial charge on any atom is -0.402 e. The topological polar surface area (TPSA) is 120 Å². The normalized spacial score (nSPS) is 14.0. The fourth-order valence-corrected chi connectivity index (χ4v) is 4.01. The molecule has 0 radical (unpaired) electrons. The van der Waals surface area contributed by atoms with Crippen molar-refractivity contribution in [3.8, 4) is 0 Å². The Bertz CT molecular complexity index is 851. The quantitative estimate of drug-likeness (QED) is 0.367. The Balaban J connectivity index is 2.27. The molecule has 1 aromatic heterocycles. The minimum atomic E-state index is -0.670. The van der Waals surface area contributed by atoms with Crippen LogP contribution in [-0.4, -0.2) is 16.7 Å². The van der Waals surface area contributed by atoms with Crippen molar-refractivity contribution in [3.63, 3.8) is 0 Å². The number of carbonyl (C=O) groups excluding carboxylic acids is 1. The Labute approximate surface area is 164 Å². The first kappa shape index (κ1) is 20.6. The first-order valence-corrected chi connectivity index (χ1v) is 9.69. The molecule has 1 unspecified atom stereocenters. The molecule has 1 heterocycles. The predicted molar refractivity (Wildman–Crippen MR) is 111 cm³/mol. The van der Waals surface area contributed by atoms with E-state index in [4.69, 9.17) is 17.2 Å². The van der Waals surface area contributed by atoms with Gasteiger partial charge in [-0.1, -0.05) is 30.3 Å². The van der Waals surface area contributed by atoms with E-state index in [0.717, 1.165) is 34.8 Å². The summed E-state index contributed by atoms with van der Waals surface area (Å²) >= 11 is 1.60. The Hall–Kier alpha value is -2.67. The van der Waals surface area contributed by atoms with E-state index < -0.39 is 5.91 Å². The number of hydrogen-bond acceptors (Lipinski definition) is 5. The number of amidine groups is 1. The highest BCUT2D eigenvalue weighted by molar-refractivity contribution is 7.11. The molecule has 144 valence electrons. The summed E-state index contributed by atoms with van der Waals surface area (Å²) in [5, 5.41) is 0.977. The summed E-state index contributed by atoms with van der Waals surface area (Å²) in [5.41, 5.74) is 19.8. The van der Waals surface area contributed by atoms with Gasteiger partial charge < -0.3 is 17.2 Å². The van der Waals surface area contributed by atoms with E-state index in [1.54, 1.807) is 18.3 Å². The summed E-state index contributed by atoms with van der Waals surface area (Å²) < 4.78 is 0. The zero-order valence-electron chi connectivity index (χ0n) is 16.0. The fraction of sp³-hybridized carbons (Fsp3) is 0.350. The smallest absolute Gasteiger partial charge is 0.254 e. The SMILES string of the molecule is CC(N)=C(C(N)=O)C(N)=NC(CCCc1ccccc1)c1sc(C)nc1C. The van der Waals surface area contributed by atoms with E-state index in [-0.39, 0.29) is 23.1 Å². The highest BCUT2D eigenvalue weighted by Gasteiger charge is 2.20. The number of aliphatic imine (C=N–C) groups is 1. The molecule has 7 heteroatoms. The Morgan fingerprint density at radius 1 is 1.19 bits per heavy atom. The molecular weight excluding hydrogens is 358 g/mol. The Kier molecular flexibility index (Phi) is 7.12. The number of nitrogens with zero attached hydrogens (tertiary/aromatic N) is 2. The molecule has 2 aromatic rings. The molecule has 1 atom stereocenters. The van der Waals surface area contributed by atoms with Crippen LogP contribution in [-0.2, 0) is 11.2 Å². The number of nitrogens with two attached hydrogens (primary N) is 3. The van der Waals surface area contributed by atoms with Gasteiger partial charge in [-0.05, 0) is 45.6 Å². The van der Waals surface area contributed by atoms with Gasteiger partial charge in [0, 0.05) is 5.70 Å². The van der Waals surface area contributed by atoms with Gasteiger partial charge in [-0.3, -0.25) is 9.79 Å². The summed E-state index contributed by atoms with van der Waals surface area (Å²) in [6.45, 7) is 5.52. The molecule has 0 bridgehead atoms. The molecule has 0 aliphatic rings. The van der Waals surface area contributed by atoms with Gasteiger partial charge in [-0.2, -0.15) is 0 Å². The van der Waals surface area contributed by atoms with Gasteiger partial charge in [-0.25, -0.2) is 4.98 Å². The third kappa shape index (κ3) is 5.65. The van der Waals surface area contributed by atoms with Crippen molar-refractivity contribution in [1.29, 1.82) is 0 Å². The number of hydrogen-bond donors (Lipinski definition) is 3. The van der Waals surface area contributed by atoms with E-state index in [0.29, 0.717) is 0 Å². The molecule has 6 nitrogen and oxygen atoms in total. The second kappa shape index (κ2) is 9.32. The summed E-state index contributed by atoms with van der Waals surface area (Å²) in [4.78, 5) is 21.9. The van der Waals surface area contributed by atoms with Gasteiger partial charge in [0.05, 0.1) is 27.2 Å². The molecule has 1 amide bonds. The summed E-state index contributed by atoms with van der Waals surface area (Å²) in [6, 6.07) is 10.1. The van der Waals surface area contributed by atoms with E-state index in [1.807, 2.05) is 32.0 Å². The minimum absolute atomic E-state index is 0.0812. The predicted octanol–water partition coefficient (Wildman–Crippen LogP) is 2.90. The number of primary amides is 1. The highest BCUT2D eigenvalue weighted by Crippen LogP contribution is 2.32. The van der Waals surface area contributed by atoms with Crippen LogP contribution in [0.5, 0.6) is 0 Å². The molecule has 1 aromatic carbocycles. The molecule has 6 N–H and O–H groups in total. The maximum atomic E-state index is 11.7. The largest absolute Gasteiger partial charge is 0.402 e. The molecule has 27 heavy (non-hydrogen) atoms. The number of rotatable bonds is 8. The van der Waals surface area contributed by atoms with Crippen LogP contribution < -0.4 is 17.2 Å². The number of allylic oxidation sites excluding steroid dienone is 1. The van der Waals surface area contributed by atoms with Crippen LogP contribution >= 0.6 is 11.3 Å². The molecule has 0 aliphatic heterocycles. The zero-order chi connectivity index (χ0) is 20.0. The monoisotopic (exact) mass is 385 g/mol. The summed E-state index contributed by atoms with van der Waals surface area (Å²) in [5.74, 6) is -0.589. The lowest BCUT2D eigenvalue weighted by atomic mass is 10.0. The third-order valence-electron chi connectivity index (χ3n) is 4.22. The Morgan fingerprint density at radius 2 is 1.85 bits per heavy atom. The van der Waals surface area contributed by atoms with Crippen molar-refractivity contribution in [2.24, 2.45) is 22.2 Å². The molecule has 0 aliphatic carbocycles. The van der Waals surface area contributed by atoms with Crippen LogP contribution in [0.4, 0.5) is 0 Å². The third-order valence-corrected chi connectivity index (χ3v) is 5.39. The molecular formula is C20H27N5OS. The average Bonchev–Trinajstić information content (AvgIpc) is 2.92. The number of aryl methyl sites for hydroxylation is 3. The molecule has 0 fully saturated rings.